The van der Waals surface area contributed by atoms with Gasteiger partial charge in [0.05, 0.1) is 11.4 Å². The molecule has 9 nitrogen and oxygen atoms in total. The maximum Gasteiger partial charge on any atom is 0.241 e. The molecular weight excluding hydrogens is 494 g/mol. The van der Waals surface area contributed by atoms with Gasteiger partial charge in [0, 0.05) is 12.1 Å². The van der Waals surface area contributed by atoms with E-state index in [4.69, 9.17) is 9.47 Å². The number of sulfonamides is 1. The molecule has 3 aromatic rings. The molecule has 3 aromatic carbocycles. The van der Waals surface area contributed by atoms with Gasteiger partial charge in [-0.3, -0.25) is 9.59 Å². The fourth-order valence-electron chi connectivity index (χ4n) is 4.32. The largest absolute Gasteiger partial charge is 0.486 e. The molecule has 0 saturated heterocycles. The Morgan fingerprint density at radius 2 is 1.76 bits per heavy atom. The van der Waals surface area contributed by atoms with Crippen molar-refractivity contribution >= 4 is 27.5 Å². The lowest BCUT2D eigenvalue weighted by molar-refractivity contribution is -0.123. The second-order valence-corrected chi connectivity index (χ2v) is 10.7. The molecule has 0 fully saturated rings. The van der Waals surface area contributed by atoms with Crippen molar-refractivity contribution in [3.8, 4) is 11.5 Å². The van der Waals surface area contributed by atoms with Crippen LogP contribution in [0, 0.1) is 0 Å². The lowest BCUT2D eigenvalue weighted by Crippen LogP contribution is -2.50. The van der Waals surface area contributed by atoms with Crippen LogP contribution in [0.5, 0.6) is 11.5 Å². The van der Waals surface area contributed by atoms with E-state index in [0.29, 0.717) is 30.0 Å². The predicted octanol–water partition coefficient (Wildman–Crippen LogP) is 2.42. The Morgan fingerprint density at radius 3 is 2.57 bits per heavy atom. The first-order chi connectivity index (χ1) is 17.9. The molecule has 2 heterocycles. The third kappa shape index (κ3) is 5.92. The molecule has 0 aromatic heterocycles. The van der Waals surface area contributed by atoms with E-state index in [9.17, 15) is 18.0 Å². The first-order valence-corrected chi connectivity index (χ1v) is 13.5. The number of aryl methyl sites for hydroxylation is 1. The zero-order valence-electron chi connectivity index (χ0n) is 20.0. The average Bonchev–Trinajstić information content (AvgIpc) is 2.91. The van der Waals surface area contributed by atoms with E-state index in [-0.39, 0.29) is 30.4 Å². The number of fused-ring (bicyclic) bond motifs is 2. The van der Waals surface area contributed by atoms with Gasteiger partial charge >= 0.3 is 0 Å². The summed E-state index contributed by atoms with van der Waals surface area (Å²) in [6, 6.07) is 20.0. The van der Waals surface area contributed by atoms with E-state index in [1.165, 1.54) is 6.07 Å². The summed E-state index contributed by atoms with van der Waals surface area (Å²) in [5, 5.41) is 5.56. The Bertz CT molecular complexity index is 1410. The summed E-state index contributed by atoms with van der Waals surface area (Å²) in [4.78, 5) is 24.9. The van der Waals surface area contributed by atoms with Crippen LogP contribution in [-0.4, -0.2) is 45.5 Å². The summed E-state index contributed by atoms with van der Waals surface area (Å²) in [7, 11) is -4.03. The van der Waals surface area contributed by atoms with E-state index in [1.54, 1.807) is 18.2 Å². The molecule has 10 heteroatoms. The first kappa shape index (κ1) is 24.8. The van der Waals surface area contributed by atoms with Crippen molar-refractivity contribution in [2.24, 2.45) is 0 Å². The van der Waals surface area contributed by atoms with Crippen LogP contribution in [0.15, 0.2) is 77.7 Å². The van der Waals surface area contributed by atoms with Crippen molar-refractivity contribution in [3.05, 3.63) is 83.9 Å². The Morgan fingerprint density at radius 1 is 1.00 bits per heavy atom. The van der Waals surface area contributed by atoms with E-state index >= 15 is 0 Å². The predicted molar refractivity (Wildman–Crippen MR) is 137 cm³/mol. The lowest BCUT2D eigenvalue weighted by atomic mass is 10.0. The second kappa shape index (κ2) is 10.6. The van der Waals surface area contributed by atoms with Crippen LogP contribution in [0.2, 0.25) is 0 Å². The van der Waals surface area contributed by atoms with Crippen molar-refractivity contribution in [2.45, 2.75) is 36.3 Å². The van der Waals surface area contributed by atoms with Gasteiger partial charge in [-0.1, -0.05) is 42.5 Å². The number of hydrogen-bond acceptors (Lipinski definition) is 6. The molecule has 2 atom stereocenters. The zero-order valence-corrected chi connectivity index (χ0v) is 20.8. The molecule has 192 valence electrons. The van der Waals surface area contributed by atoms with Gasteiger partial charge in [-0.15, -0.1) is 0 Å². The van der Waals surface area contributed by atoms with E-state index in [1.807, 2.05) is 48.5 Å². The summed E-state index contributed by atoms with van der Waals surface area (Å²) in [6.45, 7) is 0.413. The molecular formula is C27H27N3O6S. The number of para-hydroxylation sites is 2. The number of nitrogens with one attached hydrogen (secondary N) is 3. The summed E-state index contributed by atoms with van der Waals surface area (Å²) in [5.74, 6) is 0.666. The second-order valence-electron chi connectivity index (χ2n) is 8.97. The summed E-state index contributed by atoms with van der Waals surface area (Å²) in [5.41, 5.74) is 2.15. The quantitative estimate of drug-likeness (QED) is 0.419. The van der Waals surface area contributed by atoms with E-state index < -0.39 is 28.1 Å². The van der Waals surface area contributed by atoms with Gasteiger partial charge < -0.3 is 20.1 Å². The number of ether oxygens (including phenoxy) is 2. The molecule has 0 saturated carbocycles. The van der Waals surface area contributed by atoms with Gasteiger partial charge in [0.25, 0.3) is 0 Å². The van der Waals surface area contributed by atoms with Gasteiger partial charge in [-0.05, 0) is 54.3 Å². The highest BCUT2D eigenvalue weighted by molar-refractivity contribution is 7.89. The van der Waals surface area contributed by atoms with Gasteiger partial charge in [-0.2, -0.15) is 4.72 Å². The number of amides is 2. The van der Waals surface area contributed by atoms with E-state index in [2.05, 4.69) is 15.4 Å². The number of carbonyl (C=O) groups is 2. The van der Waals surface area contributed by atoms with Gasteiger partial charge in [0.15, 0.2) is 11.5 Å². The number of benzene rings is 3. The maximum absolute atomic E-state index is 13.3. The standard InChI is InChI=1S/C27H27N3O6S/c31-26-13-10-19-15-21(11-12-22(19)29-26)37(33,34)30-23(14-18-6-2-1-3-7-18)27(32)28-16-20-17-35-24-8-4-5-9-25(24)36-20/h1-9,11-12,15,20,23,30H,10,13-14,16-17H2,(H,28,32)(H,29,31)/t20-,23+/m0/s1. The summed E-state index contributed by atoms with van der Waals surface area (Å²) >= 11 is 0. The number of carbonyl (C=O) groups excluding carboxylic acids is 2. The average molecular weight is 522 g/mol. The Balaban J connectivity index is 1.30. The minimum atomic E-state index is -4.03. The SMILES string of the molecule is O=C1CCc2cc(S(=O)(=O)N[C@H](Cc3ccccc3)C(=O)NC[C@H]3COc4ccccc4O3)ccc2N1. The van der Waals surface area contributed by atoms with Crippen molar-refractivity contribution in [1.82, 2.24) is 10.0 Å². The first-order valence-electron chi connectivity index (χ1n) is 12.0. The van der Waals surface area contributed by atoms with Crippen LogP contribution in [0.1, 0.15) is 17.5 Å². The van der Waals surface area contributed by atoms with Gasteiger partial charge in [0.1, 0.15) is 18.8 Å². The molecule has 5 rings (SSSR count). The Hall–Kier alpha value is -3.89. The fraction of sp³-hybridized carbons (Fsp3) is 0.259. The minimum absolute atomic E-state index is 0.0360. The maximum atomic E-state index is 13.3. The highest BCUT2D eigenvalue weighted by Gasteiger charge is 2.29. The van der Waals surface area contributed by atoms with Crippen LogP contribution in [-0.2, 0) is 32.5 Å². The van der Waals surface area contributed by atoms with Crippen LogP contribution in [0.4, 0.5) is 5.69 Å². The monoisotopic (exact) mass is 521 g/mol. The summed E-state index contributed by atoms with van der Waals surface area (Å²) < 4.78 is 40.8. The molecule has 3 N–H and O–H groups in total. The van der Waals surface area contributed by atoms with Crippen LogP contribution < -0.4 is 24.8 Å². The molecule has 0 unspecified atom stereocenters. The molecule has 0 radical (unpaired) electrons. The molecule has 2 aliphatic rings. The van der Waals surface area contributed by atoms with Crippen molar-refractivity contribution in [2.75, 3.05) is 18.5 Å². The number of anilines is 1. The summed E-state index contributed by atoms with van der Waals surface area (Å²) in [6.07, 6.45) is 0.493. The minimum Gasteiger partial charge on any atom is -0.486 e. The Kier molecular flexibility index (Phi) is 7.11. The molecule has 0 aliphatic carbocycles. The third-order valence-electron chi connectivity index (χ3n) is 6.25. The van der Waals surface area contributed by atoms with Crippen LogP contribution in [0.3, 0.4) is 0 Å². The topological polar surface area (TPSA) is 123 Å². The third-order valence-corrected chi connectivity index (χ3v) is 7.72. The fourth-order valence-corrected chi connectivity index (χ4v) is 5.57. The smallest absolute Gasteiger partial charge is 0.241 e. The molecule has 0 bridgehead atoms. The number of hydrogen-bond donors (Lipinski definition) is 3. The van der Waals surface area contributed by atoms with Crippen LogP contribution >= 0.6 is 0 Å². The van der Waals surface area contributed by atoms with Gasteiger partial charge in [-0.25, -0.2) is 8.42 Å². The molecule has 2 aliphatic heterocycles. The molecule has 0 spiro atoms. The number of rotatable bonds is 8. The molecule has 37 heavy (non-hydrogen) atoms. The molecule has 2 amide bonds. The van der Waals surface area contributed by atoms with E-state index in [0.717, 1.165) is 11.1 Å². The highest BCUT2D eigenvalue weighted by atomic mass is 32.2. The van der Waals surface area contributed by atoms with Gasteiger partial charge in [0.2, 0.25) is 21.8 Å². The van der Waals surface area contributed by atoms with Crippen molar-refractivity contribution in [1.29, 1.82) is 0 Å². The van der Waals surface area contributed by atoms with Crippen LogP contribution in [0.25, 0.3) is 0 Å². The zero-order chi connectivity index (χ0) is 25.8. The highest BCUT2D eigenvalue weighted by Crippen LogP contribution is 2.30. The lowest BCUT2D eigenvalue weighted by Gasteiger charge is -2.27. The Labute approximate surface area is 215 Å². The van der Waals surface area contributed by atoms with Crippen molar-refractivity contribution in [3.63, 3.8) is 0 Å². The normalized spacial score (nSPS) is 17.3. The van der Waals surface area contributed by atoms with Crippen molar-refractivity contribution < 1.29 is 27.5 Å².